The van der Waals surface area contributed by atoms with Crippen LogP contribution in [0, 0.1) is 17.3 Å². The zero-order valence-corrected chi connectivity index (χ0v) is 19.4. The van der Waals surface area contributed by atoms with Crippen molar-refractivity contribution in [1.82, 2.24) is 10.6 Å². The van der Waals surface area contributed by atoms with E-state index in [1.807, 2.05) is 0 Å². The molecule has 0 fully saturated rings. The second kappa shape index (κ2) is 13.6. The fourth-order valence-corrected chi connectivity index (χ4v) is 2.68. The molecule has 0 rings (SSSR count). The highest BCUT2D eigenvalue weighted by atomic mass is 16.7. The van der Waals surface area contributed by atoms with Gasteiger partial charge < -0.3 is 40.8 Å². The van der Waals surface area contributed by atoms with Crippen molar-refractivity contribution in [1.29, 1.82) is 0 Å². The van der Waals surface area contributed by atoms with E-state index in [0.29, 0.717) is 13.2 Å². The van der Waals surface area contributed by atoms with Crippen LogP contribution in [0.15, 0.2) is 0 Å². The van der Waals surface area contributed by atoms with E-state index in [0.717, 1.165) is 0 Å². The first-order chi connectivity index (χ1) is 14.2. The van der Waals surface area contributed by atoms with Crippen LogP contribution < -0.4 is 16.4 Å². The smallest absolute Gasteiger partial charge is 0.278 e. The number of primary amides is 1. The molecule has 0 aliphatic carbocycles. The molecule has 2 atom stereocenters. The summed E-state index contributed by atoms with van der Waals surface area (Å²) in [6.07, 6.45) is -0.0167. The Kier molecular flexibility index (Phi) is 12.8. The monoisotopic (exact) mass is 449 g/mol. The second-order valence-electron chi connectivity index (χ2n) is 8.80. The predicted molar refractivity (Wildman–Crippen MR) is 112 cm³/mol. The maximum absolute atomic E-state index is 12.8. The molecule has 0 aliphatic rings. The van der Waals surface area contributed by atoms with Crippen molar-refractivity contribution in [3.63, 3.8) is 0 Å². The first kappa shape index (κ1) is 29.2. The molecule has 6 N–H and O–H groups in total. The Morgan fingerprint density at radius 3 is 2.06 bits per heavy atom. The number of aliphatic hydroxyl groups is 2. The van der Waals surface area contributed by atoms with Crippen molar-refractivity contribution < 1.29 is 38.8 Å². The molecule has 3 amide bonds. The molecule has 0 aromatic rings. The zero-order valence-electron chi connectivity index (χ0n) is 19.4. The third-order valence-electron chi connectivity index (χ3n) is 4.43. The van der Waals surface area contributed by atoms with Gasteiger partial charge in [-0.2, -0.15) is 0 Å². The van der Waals surface area contributed by atoms with Gasteiger partial charge >= 0.3 is 0 Å². The lowest BCUT2D eigenvalue weighted by Gasteiger charge is -2.34. The molecular formula is C20H39N3O8. The average molecular weight is 450 g/mol. The molecule has 0 radical (unpaired) electrons. The SMILES string of the molecule is COCCOCOCCNC(=O)[C@@H](NC(=O)C(CC(C)C)C(O)(O)C(N)=O)C(C)(C)C. The van der Waals surface area contributed by atoms with Crippen LogP contribution in [0.25, 0.3) is 0 Å². The van der Waals surface area contributed by atoms with Gasteiger partial charge in [-0.25, -0.2) is 0 Å². The Bertz CT molecular complexity index is 575. The van der Waals surface area contributed by atoms with E-state index < -0.39 is 40.9 Å². The van der Waals surface area contributed by atoms with Crippen LogP contribution >= 0.6 is 0 Å². The van der Waals surface area contributed by atoms with Gasteiger partial charge in [0.25, 0.3) is 11.7 Å². The molecule has 0 aromatic heterocycles. The van der Waals surface area contributed by atoms with E-state index in [1.165, 1.54) is 0 Å². The van der Waals surface area contributed by atoms with Crippen molar-refractivity contribution in [2.24, 2.45) is 23.0 Å². The molecule has 0 bridgehead atoms. The average Bonchev–Trinajstić information content (AvgIpc) is 2.64. The van der Waals surface area contributed by atoms with E-state index in [9.17, 15) is 24.6 Å². The lowest BCUT2D eigenvalue weighted by molar-refractivity contribution is -0.206. The number of nitrogens with two attached hydrogens (primary N) is 1. The van der Waals surface area contributed by atoms with E-state index in [1.54, 1.807) is 41.7 Å². The van der Waals surface area contributed by atoms with Crippen molar-refractivity contribution in [2.45, 2.75) is 52.9 Å². The Balaban J connectivity index is 5.01. The quantitative estimate of drug-likeness (QED) is 0.158. The number of carbonyl (C=O) groups is 3. The molecular weight excluding hydrogens is 410 g/mol. The molecule has 0 aromatic carbocycles. The summed E-state index contributed by atoms with van der Waals surface area (Å²) in [7, 11) is 1.56. The maximum Gasteiger partial charge on any atom is 0.278 e. The number of hydrogen-bond donors (Lipinski definition) is 5. The topological polar surface area (TPSA) is 169 Å². The number of carbonyl (C=O) groups excluding carboxylic acids is 3. The van der Waals surface area contributed by atoms with E-state index >= 15 is 0 Å². The highest BCUT2D eigenvalue weighted by Crippen LogP contribution is 2.25. The summed E-state index contributed by atoms with van der Waals surface area (Å²) >= 11 is 0. The largest absolute Gasteiger partial charge is 0.382 e. The van der Waals surface area contributed by atoms with Crippen LogP contribution in [0.1, 0.15) is 41.0 Å². The maximum atomic E-state index is 12.8. The Labute approximate surface area is 184 Å². The standard InChI is InChI=1S/C20H39N3O8/c1-13(2)11-14(20(27,28)18(21)26)16(24)23-15(19(3,4)5)17(25)22-7-8-30-12-31-10-9-29-6/h13-15,27-28H,7-12H2,1-6H3,(H2,21,26)(H,22,25)(H,23,24)/t14?,15-/m1/s1. The van der Waals surface area contributed by atoms with Crippen LogP contribution in [-0.4, -0.2) is 80.0 Å². The first-order valence-electron chi connectivity index (χ1n) is 10.2. The molecule has 0 aliphatic heterocycles. The first-order valence-corrected chi connectivity index (χ1v) is 10.2. The van der Waals surface area contributed by atoms with Gasteiger partial charge in [0.15, 0.2) is 0 Å². The molecule has 11 heteroatoms. The number of hydrogen-bond acceptors (Lipinski definition) is 8. The summed E-state index contributed by atoms with van der Waals surface area (Å²) in [5, 5.41) is 25.4. The molecule has 0 saturated carbocycles. The van der Waals surface area contributed by atoms with Crippen LogP contribution in [0.5, 0.6) is 0 Å². The Hall–Kier alpha value is -1.79. The minimum absolute atomic E-state index is 0.0167. The summed E-state index contributed by atoms with van der Waals surface area (Å²) in [6, 6.07) is -1.00. The van der Waals surface area contributed by atoms with Crippen molar-refractivity contribution in [3.05, 3.63) is 0 Å². The highest BCUT2D eigenvalue weighted by molar-refractivity contribution is 5.93. The molecule has 0 saturated heterocycles. The van der Waals surface area contributed by atoms with Gasteiger partial charge in [0.1, 0.15) is 18.8 Å². The third-order valence-corrected chi connectivity index (χ3v) is 4.43. The summed E-state index contributed by atoms with van der Waals surface area (Å²) in [5.41, 5.74) is 4.36. The number of methoxy groups -OCH3 is 1. The van der Waals surface area contributed by atoms with Gasteiger partial charge in [-0.3, -0.25) is 14.4 Å². The number of amides is 3. The van der Waals surface area contributed by atoms with Gasteiger partial charge in [-0.05, 0) is 17.8 Å². The van der Waals surface area contributed by atoms with Crippen LogP contribution in [-0.2, 0) is 28.6 Å². The molecule has 0 spiro atoms. The fourth-order valence-electron chi connectivity index (χ4n) is 2.68. The molecule has 182 valence electrons. The Morgan fingerprint density at radius 1 is 1.00 bits per heavy atom. The van der Waals surface area contributed by atoms with Gasteiger partial charge in [0.2, 0.25) is 11.8 Å². The van der Waals surface area contributed by atoms with Crippen molar-refractivity contribution in [2.75, 3.05) is 40.3 Å². The normalized spacial score (nSPS) is 14.2. The molecule has 0 heterocycles. The minimum Gasteiger partial charge on any atom is -0.382 e. The number of ether oxygens (including phenoxy) is 3. The van der Waals surface area contributed by atoms with Gasteiger partial charge in [0, 0.05) is 13.7 Å². The Morgan fingerprint density at radius 2 is 1.58 bits per heavy atom. The number of nitrogens with one attached hydrogen (secondary N) is 2. The third kappa shape index (κ3) is 10.9. The van der Waals surface area contributed by atoms with Gasteiger partial charge in [-0.1, -0.05) is 34.6 Å². The van der Waals surface area contributed by atoms with Crippen molar-refractivity contribution >= 4 is 17.7 Å². The highest BCUT2D eigenvalue weighted by Gasteiger charge is 2.47. The van der Waals surface area contributed by atoms with Crippen molar-refractivity contribution in [3.8, 4) is 0 Å². The number of rotatable bonds is 15. The fraction of sp³-hybridized carbons (Fsp3) is 0.850. The summed E-state index contributed by atoms with van der Waals surface area (Å²) in [4.78, 5) is 37.0. The summed E-state index contributed by atoms with van der Waals surface area (Å²) in [5.74, 6) is -7.47. The van der Waals surface area contributed by atoms with E-state index in [4.69, 9.17) is 19.9 Å². The van der Waals surface area contributed by atoms with Crippen LogP contribution in [0.2, 0.25) is 0 Å². The minimum atomic E-state index is -3.04. The molecule has 31 heavy (non-hydrogen) atoms. The van der Waals surface area contributed by atoms with Crippen LogP contribution in [0.4, 0.5) is 0 Å². The lowest BCUT2D eigenvalue weighted by Crippen LogP contribution is -2.60. The molecule has 1 unspecified atom stereocenters. The second-order valence-corrected chi connectivity index (χ2v) is 8.80. The summed E-state index contributed by atoms with van der Waals surface area (Å²) < 4.78 is 15.2. The zero-order chi connectivity index (χ0) is 24.2. The summed E-state index contributed by atoms with van der Waals surface area (Å²) in [6.45, 7) is 10.0. The lowest BCUT2D eigenvalue weighted by atomic mass is 9.83. The molecule has 11 nitrogen and oxygen atoms in total. The van der Waals surface area contributed by atoms with Gasteiger partial charge in [-0.15, -0.1) is 0 Å². The van der Waals surface area contributed by atoms with Crippen LogP contribution in [0.3, 0.4) is 0 Å². The van der Waals surface area contributed by atoms with E-state index in [2.05, 4.69) is 10.6 Å². The van der Waals surface area contributed by atoms with E-state index in [-0.39, 0.29) is 32.3 Å². The predicted octanol–water partition coefficient (Wildman–Crippen LogP) is -0.901. The van der Waals surface area contributed by atoms with Gasteiger partial charge in [0.05, 0.1) is 19.8 Å².